The smallest absolute Gasteiger partial charge is 0.272 e. The molecule has 0 aromatic carbocycles. The van der Waals surface area contributed by atoms with Gasteiger partial charge in [0, 0.05) is 36.6 Å². The maximum Gasteiger partial charge on any atom is 0.272 e. The fourth-order valence-corrected chi connectivity index (χ4v) is 4.56. The Labute approximate surface area is 134 Å². The van der Waals surface area contributed by atoms with Crippen molar-refractivity contribution < 1.29 is 18.3 Å². The molecule has 0 bridgehead atoms. The molecule has 4 nitrogen and oxygen atoms in total. The van der Waals surface area contributed by atoms with Crippen molar-refractivity contribution in [1.82, 2.24) is 10.3 Å². The van der Waals surface area contributed by atoms with Crippen LogP contribution in [0.4, 0.5) is 8.78 Å². The highest BCUT2D eigenvalue weighted by atomic mass is 19.3. The molecule has 0 unspecified atom stereocenters. The molecule has 1 aromatic rings. The highest BCUT2D eigenvalue weighted by molar-refractivity contribution is 5.20. The second-order valence-corrected chi connectivity index (χ2v) is 6.86. The van der Waals surface area contributed by atoms with E-state index in [-0.39, 0.29) is 5.88 Å². The number of pyridine rings is 1. The van der Waals surface area contributed by atoms with E-state index in [4.69, 9.17) is 9.47 Å². The van der Waals surface area contributed by atoms with Gasteiger partial charge in [-0.3, -0.25) is 0 Å². The summed E-state index contributed by atoms with van der Waals surface area (Å²) in [5.41, 5.74) is 1.17. The van der Waals surface area contributed by atoms with Gasteiger partial charge in [0.15, 0.2) is 6.61 Å². The van der Waals surface area contributed by atoms with E-state index in [2.05, 4.69) is 10.3 Å². The van der Waals surface area contributed by atoms with Crippen molar-refractivity contribution in [2.45, 2.75) is 50.8 Å². The molecular formula is C17H22F2N2O2. The molecule has 3 atom stereocenters. The first-order chi connectivity index (χ1) is 11.2. The number of fused-ring (bicyclic) bond motifs is 2. The van der Waals surface area contributed by atoms with Crippen molar-refractivity contribution in [2.24, 2.45) is 11.3 Å². The largest absolute Gasteiger partial charge is 0.472 e. The summed E-state index contributed by atoms with van der Waals surface area (Å²) in [6.45, 7) is 0.905. The minimum absolute atomic E-state index is 0.263. The second-order valence-electron chi connectivity index (χ2n) is 6.86. The first kappa shape index (κ1) is 15.3. The van der Waals surface area contributed by atoms with Crippen molar-refractivity contribution in [1.29, 1.82) is 0 Å². The topological polar surface area (TPSA) is 43.4 Å². The summed E-state index contributed by atoms with van der Waals surface area (Å²) < 4.78 is 35.3. The Morgan fingerprint density at radius 2 is 2.26 bits per heavy atom. The molecule has 0 radical (unpaired) electrons. The highest BCUT2D eigenvalue weighted by Crippen LogP contribution is 2.62. The summed E-state index contributed by atoms with van der Waals surface area (Å²) in [6.07, 6.45) is 2.89. The maximum atomic E-state index is 12.2. The Balaban J connectivity index is 1.36. The molecule has 4 rings (SSSR count). The Morgan fingerprint density at radius 3 is 3.00 bits per heavy atom. The van der Waals surface area contributed by atoms with Crippen LogP contribution in [-0.4, -0.2) is 36.8 Å². The Bertz CT molecular complexity index is 565. The van der Waals surface area contributed by atoms with Crippen LogP contribution >= 0.6 is 0 Å². The van der Waals surface area contributed by atoms with Gasteiger partial charge in [-0.2, -0.15) is 0 Å². The zero-order valence-electron chi connectivity index (χ0n) is 13.0. The van der Waals surface area contributed by atoms with Crippen LogP contribution in [0.5, 0.6) is 5.88 Å². The zero-order chi connectivity index (χ0) is 15.9. The van der Waals surface area contributed by atoms with E-state index in [9.17, 15) is 8.78 Å². The number of hydrogen-bond acceptors (Lipinski definition) is 4. The lowest BCUT2D eigenvalue weighted by Crippen LogP contribution is -2.70. The number of hydrogen-bond donors (Lipinski definition) is 1. The van der Waals surface area contributed by atoms with Crippen LogP contribution in [0.1, 0.15) is 31.4 Å². The zero-order valence-corrected chi connectivity index (χ0v) is 13.0. The van der Waals surface area contributed by atoms with Gasteiger partial charge in [0.25, 0.3) is 6.43 Å². The summed E-state index contributed by atoms with van der Waals surface area (Å²) in [5, 5.41) is 3.65. The Morgan fingerprint density at radius 1 is 1.39 bits per heavy atom. The van der Waals surface area contributed by atoms with Gasteiger partial charge >= 0.3 is 0 Å². The quantitative estimate of drug-likeness (QED) is 0.874. The fraction of sp³-hybridized carbons (Fsp3) is 0.706. The van der Waals surface area contributed by atoms with Gasteiger partial charge in [-0.25, -0.2) is 13.8 Å². The Kier molecular flexibility index (Phi) is 3.97. The summed E-state index contributed by atoms with van der Waals surface area (Å²) in [6, 6.07) is 5.81. The number of nitrogens with one attached hydrogen (secondary N) is 1. The number of aromatic nitrogens is 1. The number of ether oxygens (including phenoxy) is 2. The van der Waals surface area contributed by atoms with Crippen molar-refractivity contribution in [3.05, 3.63) is 23.9 Å². The molecule has 23 heavy (non-hydrogen) atoms. The average molecular weight is 324 g/mol. The maximum absolute atomic E-state index is 12.2. The van der Waals surface area contributed by atoms with Gasteiger partial charge in [0.05, 0.1) is 11.8 Å². The van der Waals surface area contributed by atoms with Gasteiger partial charge in [0.2, 0.25) is 5.88 Å². The van der Waals surface area contributed by atoms with Gasteiger partial charge in [-0.05, 0) is 25.3 Å². The minimum Gasteiger partial charge on any atom is -0.472 e. The average Bonchev–Trinajstić information content (AvgIpc) is 2.89. The molecule has 3 fully saturated rings. The van der Waals surface area contributed by atoms with E-state index in [0.29, 0.717) is 30.0 Å². The van der Waals surface area contributed by atoms with E-state index in [1.807, 2.05) is 6.07 Å². The van der Waals surface area contributed by atoms with Crippen molar-refractivity contribution in [3.8, 4) is 5.88 Å². The molecule has 1 spiro atoms. The van der Waals surface area contributed by atoms with Gasteiger partial charge in [-0.1, -0.05) is 12.5 Å². The normalized spacial score (nSPS) is 30.8. The predicted octanol–water partition coefficient (Wildman–Crippen LogP) is 2.77. The van der Waals surface area contributed by atoms with Crippen LogP contribution in [0.15, 0.2) is 18.2 Å². The molecule has 1 aliphatic heterocycles. The Hall–Kier alpha value is -1.27. The van der Waals surface area contributed by atoms with E-state index in [1.165, 1.54) is 19.3 Å². The molecule has 1 saturated heterocycles. The minimum atomic E-state index is -2.48. The third-order valence-electron chi connectivity index (χ3n) is 5.68. The third kappa shape index (κ3) is 2.62. The SMILES string of the molecule is FC(F)COc1cccc(CN[C@@H]2[C@H]3CCO[C@@H]3C23CCC3)n1. The second kappa shape index (κ2) is 5.98. The molecule has 1 aromatic heterocycles. The van der Waals surface area contributed by atoms with E-state index in [1.54, 1.807) is 12.1 Å². The molecule has 6 heteroatoms. The summed E-state index contributed by atoms with van der Waals surface area (Å²) in [4.78, 5) is 4.30. The lowest BCUT2D eigenvalue weighted by molar-refractivity contribution is -0.176. The molecule has 1 N–H and O–H groups in total. The van der Waals surface area contributed by atoms with Gasteiger partial charge in [-0.15, -0.1) is 0 Å². The van der Waals surface area contributed by atoms with Crippen molar-refractivity contribution in [3.63, 3.8) is 0 Å². The van der Waals surface area contributed by atoms with Crippen LogP contribution in [0.2, 0.25) is 0 Å². The third-order valence-corrected chi connectivity index (χ3v) is 5.68. The predicted molar refractivity (Wildman–Crippen MR) is 80.5 cm³/mol. The van der Waals surface area contributed by atoms with E-state index >= 15 is 0 Å². The highest BCUT2D eigenvalue weighted by Gasteiger charge is 2.66. The number of alkyl halides is 2. The standard InChI is InChI=1S/C17H22F2N2O2/c18-13(19)10-23-14-4-1-3-11(21-14)9-20-15-12-5-8-22-16(12)17(15)6-2-7-17/h1,3-4,12-13,15-16,20H,2,5-10H2/t12-,15-,16+/m1/s1. The summed E-state index contributed by atoms with van der Waals surface area (Å²) >= 11 is 0. The first-order valence-electron chi connectivity index (χ1n) is 8.41. The van der Waals surface area contributed by atoms with Crippen LogP contribution in [0.3, 0.4) is 0 Å². The van der Waals surface area contributed by atoms with E-state index in [0.717, 1.165) is 18.7 Å². The van der Waals surface area contributed by atoms with Crippen LogP contribution in [-0.2, 0) is 11.3 Å². The fourth-order valence-electron chi connectivity index (χ4n) is 4.56. The van der Waals surface area contributed by atoms with Crippen molar-refractivity contribution >= 4 is 0 Å². The van der Waals surface area contributed by atoms with Gasteiger partial charge in [0.1, 0.15) is 0 Å². The summed E-state index contributed by atoms with van der Waals surface area (Å²) in [5.74, 6) is 0.882. The lowest BCUT2D eigenvalue weighted by atomic mass is 9.46. The summed E-state index contributed by atoms with van der Waals surface area (Å²) in [7, 11) is 0. The molecule has 2 heterocycles. The number of rotatable bonds is 6. The molecule has 3 aliphatic rings. The first-order valence-corrected chi connectivity index (χ1v) is 8.41. The monoisotopic (exact) mass is 324 g/mol. The lowest BCUT2D eigenvalue weighted by Gasteiger charge is -2.63. The van der Waals surface area contributed by atoms with Crippen LogP contribution < -0.4 is 10.1 Å². The molecule has 126 valence electrons. The molecule has 0 amide bonds. The van der Waals surface area contributed by atoms with Gasteiger partial charge < -0.3 is 14.8 Å². The number of halogens is 2. The van der Waals surface area contributed by atoms with Crippen LogP contribution in [0.25, 0.3) is 0 Å². The van der Waals surface area contributed by atoms with Crippen molar-refractivity contribution in [2.75, 3.05) is 13.2 Å². The number of nitrogens with zero attached hydrogens (tertiary/aromatic N) is 1. The van der Waals surface area contributed by atoms with Crippen LogP contribution in [0, 0.1) is 11.3 Å². The molecule has 2 saturated carbocycles. The molecular weight excluding hydrogens is 302 g/mol. The van der Waals surface area contributed by atoms with E-state index < -0.39 is 13.0 Å². The molecule has 2 aliphatic carbocycles.